The Balaban J connectivity index is 1.11. The van der Waals surface area contributed by atoms with E-state index in [1.807, 2.05) is 0 Å². The molecule has 10 saturated heterocycles. The molecule has 0 aromatic heterocycles. The molecule has 10 rings (SSSR count). The van der Waals surface area contributed by atoms with Crippen molar-refractivity contribution in [2.75, 3.05) is 59.5 Å². The van der Waals surface area contributed by atoms with E-state index in [0.29, 0.717) is 0 Å². The summed E-state index contributed by atoms with van der Waals surface area (Å²) in [4.78, 5) is 40.0. The van der Waals surface area contributed by atoms with Crippen molar-refractivity contribution < 1.29 is 293 Å². The number of aliphatic hydroxyl groups excluding tert-OH is 33. The van der Waals surface area contributed by atoms with E-state index < -0.39 is 421 Å². The van der Waals surface area contributed by atoms with Gasteiger partial charge in [-0.2, -0.15) is 0 Å². The average molecular weight is 1890 g/mol. The van der Waals surface area contributed by atoms with Crippen LogP contribution in [0.25, 0.3) is 0 Å². The lowest BCUT2D eigenvalue weighted by atomic mass is 9.89. The number of aliphatic hydroxyl groups is 34. The molecule has 0 aromatic rings. The zero-order chi connectivity index (χ0) is 95.0. The Labute approximate surface area is 718 Å². The first-order chi connectivity index (χ1) is 60.1. The quantitative estimate of drug-likeness (QED) is 0.0277. The molecule has 0 spiro atoms. The third-order valence-electron chi connectivity index (χ3n) is 23.3. The van der Waals surface area contributed by atoms with Crippen LogP contribution in [-0.4, -0.2) is 597 Å². The van der Waals surface area contributed by atoms with Gasteiger partial charge in [0.25, 0.3) is 11.6 Å². The lowest BCUT2D eigenvalue weighted by Gasteiger charge is -2.53. The Hall–Kier alpha value is -3.75. The van der Waals surface area contributed by atoms with E-state index in [0.717, 1.165) is 0 Å². The van der Waals surface area contributed by atoms with Gasteiger partial charge in [0, 0.05) is 12.8 Å². The molecule has 10 aliphatic heterocycles. The van der Waals surface area contributed by atoms with Crippen molar-refractivity contribution in [2.24, 2.45) is 5.73 Å². The Kier molecular flexibility index (Phi) is 37.0. The number of carbonyl (C=O) groups is 3. The molecule has 0 saturated carbocycles. The Morgan fingerprint density at radius 1 is 0.336 bits per heavy atom. The minimum absolute atomic E-state index is 0.591. The lowest BCUT2D eigenvalue weighted by molar-refractivity contribution is -0.420. The van der Waals surface area contributed by atoms with Gasteiger partial charge in [-0.05, 0) is 0 Å². The third kappa shape index (κ3) is 22.2. The summed E-state index contributed by atoms with van der Waals surface area (Å²) < 4.78 is 110. The molecular formula is C68H113NO59. The van der Waals surface area contributed by atoms with Gasteiger partial charge in [0.1, 0.15) is 244 Å². The highest BCUT2D eigenvalue weighted by Crippen LogP contribution is 2.45. The van der Waals surface area contributed by atoms with E-state index in [2.05, 4.69) is 0 Å². The van der Waals surface area contributed by atoms with Gasteiger partial charge in [0.2, 0.25) is 0 Å². The summed E-state index contributed by atoms with van der Waals surface area (Å²) in [5.41, 5.74) is 5.80. The molecule has 0 aliphatic carbocycles. The number of rotatable bonds is 36. The molecule has 60 heteroatoms. The van der Waals surface area contributed by atoms with Gasteiger partial charge in [0.15, 0.2) is 56.4 Å². The second-order valence-electron chi connectivity index (χ2n) is 32.1. The van der Waals surface area contributed by atoms with Gasteiger partial charge < -0.3 is 285 Å². The first kappa shape index (κ1) is 106. The molecule has 0 radical (unpaired) electrons. The molecule has 0 bridgehead atoms. The van der Waals surface area contributed by atoms with Crippen LogP contribution in [0.15, 0.2) is 0 Å². The predicted molar refractivity (Wildman–Crippen MR) is 379 cm³/mol. The number of nitrogens with two attached hydrogens (primary N) is 1. The van der Waals surface area contributed by atoms with Crippen molar-refractivity contribution in [3.8, 4) is 0 Å². The number of ether oxygens (including phenoxy) is 19. The molecule has 10 heterocycles. The molecule has 39 N–H and O–H groups in total. The van der Waals surface area contributed by atoms with Crippen LogP contribution in [0.1, 0.15) is 12.8 Å². The van der Waals surface area contributed by atoms with Crippen LogP contribution in [0.3, 0.4) is 0 Å². The zero-order valence-electron chi connectivity index (χ0n) is 66.4. The second-order valence-corrected chi connectivity index (χ2v) is 32.1. The topological polar surface area (TPSA) is 1000 Å². The molecule has 0 unspecified atom stereocenters. The molecule has 54 atom stereocenters. The predicted octanol–water partition coefficient (Wildman–Crippen LogP) is -25.6. The van der Waals surface area contributed by atoms with Crippen LogP contribution < -0.4 is 5.73 Å². The van der Waals surface area contributed by atoms with Gasteiger partial charge in [-0.3, -0.25) is 0 Å². The summed E-state index contributed by atoms with van der Waals surface area (Å²) in [6.45, 7) is -11.6. The third-order valence-corrected chi connectivity index (χ3v) is 23.3. The minimum Gasteiger partial charge on any atom is -0.479 e. The maximum absolute atomic E-state index is 13.7. The SMILES string of the molecule is N[C@H]1CO[C@H](OC[C@@H](O)[C@H]2O[C@@](O)(C(=O)O)C[C@@H](O[C@]3(C(=O)O)C[C@@H](O)[C@@H](O)[C@@H]([C@H](O)CO)O3)[C@H]2O[C@H]2O[C@H]([C@@H](O)CO)[C@@H](O[C@@H]3O[C@H](CO)[C@@H](O)[C@H](O)[C@H]3O)[C@H](O[C@H]3O[C@H]([C@@H](O)CO[C@H]4O[C@H]([C@@H](O)CO)[C@@H](O)[C@H](O)[C@@H]4O)[C@@H](O)[C@H](O[C@H]4O[C@H](C(=O)O)[C@H](O)[C@H](O)[C@H]4O[C@H]4O[C@H]([C@H](O)CO)[C@@H](O)[C@H](O)[C@@H]4O[C@H]4O[C@H]([C@@H](O)CO)[C@@H](O)[C@H](O)[C@@H]4O)[C@@H]3O)[C@@H]2O)[C@H](O)[C@H]1O. The summed E-state index contributed by atoms with van der Waals surface area (Å²) in [6, 6.07) is -1.30. The largest absolute Gasteiger partial charge is 0.479 e. The number of carboxylic acids is 3. The number of carboxylic acid groups (broad SMARTS) is 3. The number of hydrogen-bond acceptors (Lipinski definition) is 57. The van der Waals surface area contributed by atoms with Crippen LogP contribution >= 0.6 is 0 Å². The van der Waals surface area contributed by atoms with Gasteiger partial charge >= 0.3 is 17.9 Å². The van der Waals surface area contributed by atoms with E-state index in [-0.39, 0.29) is 0 Å². The van der Waals surface area contributed by atoms with E-state index in [9.17, 15) is 203 Å². The summed E-state index contributed by atoms with van der Waals surface area (Å²) in [7, 11) is 0. The molecule has 128 heavy (non-hydrogen) atoms. The maximum atomic E-state index is 13.7. The van der Waals surface area contributed by atoms with Gasteiger partial charge in [0.05, 0.1) is 77.7 Å². The Morgan fingerprint density at radius 3 is 1.25 bits per heavy atom. The highest BCUT2D eigenvalue weighted by molar-refractivity contribution is 5.77. The average Bonchev–Trinajstić information content (AvgIpc) is 0.745. The van der Waals surface area contributed by atoms with Crippen LogP contribution in [-0.2, 0) is 104 Å². The van der Waals surface area contributed by atoms with Crippen LogP contribution in [0.4, 0.5) is 0 Å². The zero-order valence-corrected chi connectivity index (χ0v) is 66.4. The Morgan fingerprint density at radius 2 is 0.727 bits per heavy atom. The van der Waals surface area contributed by atoms with Gasteiger partial charge in [-0.15, -0.1) is 0 Å². The first-order valence-corrected chi connectivity index (χ1v) is 39.7. The Bertz CT molecular complexity index is 3470. The van der Waals surface area contributed by atoms with E-state index in [1.165, 1.54) is 0 Å². The summed E-state index contributed by atoms with van der Waals surface area (Å²) in [6.07, 6.45) is -134. The highest BCUT2D eigenvalue weighted by Gasteiger charge is 2.66. The van der Waals surface area contributed by atoms with Crippen LogP contribution in [0, 0.1) is 0 Å². The first-order valence-electron chi connectivity index (χ1n) is 39.7. The lowest BCUT2D eigenvalue weighted by Crippen LogP contribution is -2.71. The van der Waals surface area contributed by atoms with Crippen LogP contribution in [0.5, 0.6) is 0 Å². The fourth-order valence-electron chi connectivity index (χ4n) is 16.0. The van der Waals surface area contributed by atoms with Crippen molar-refractivity contribution >= 4 is 17.9 Å². The second kappa shape index (κ2) is 44.6. The normalized spacial score (nSPS) is 49.3. The van der Waals surface area contributed by atoms with Gasteiger partial charge in [-0.1, -0.05) is 0 Å². The highest BCUT2D eigenvalue weighted by atomic mass is 16.8. The van der Waals surface area contributed by atoms with Crippen molar-refractivity contribution in [3.63, 3.8) is 0 Å². The molecule has 0 amide bonds. The van der Waals surface area contributed by atoms with Crippen molar-refractivity contribution in [3.05, 3.63) is 0 Å². The summed E-state index contributed by atoms with van der Waals surface area (Å²) >= 11 is 0. The number of aliphatic carboxylic acids is 3. The standard InChI is InChI=1S/C68H113NO59/c69-12-9-110-57(35(96)23(12)84)111-11-20(83)48-49(21(2-67(109,127-48)65(105)106)126-68(66(107)108)1-13(76)24(85)46(128-68)17(80)6-73)119-62-41(102)51(55(47(118-62)18(81)7-74)125-59-37(98)26(87)25(86)22(8-75)113-59)121-61-40(101)50(39(100)45(116-61)19(82)10-112-58-36(97)27(88)29(90)42(114-58)14(77)3-70)120-64-54(34(95)32(93)52(122-64)56(103)104)124-63-53(33(94)31(92)44(117-63)16(79)5-72)123-60-38(99)28(89)30(91)43(115-60)15(78)4-71/h12-55,57-64,70-102,109H,1-11,69H2,(H,103,104)(H,105,106)(H,107,108)/t12-,13+,14-,15-,16+,17+,18-,19-,20+,21+,22+,23-,24+,25+,26-,27-,28-,29-,30-,31-,32+,33-,34-,35+,36-,37+,38-,39+,40-,41-,42+,43+,44+,45+,46+,47+,48+,49+,50-,51+,52-,53-,54+,55+,57+,58-,59-,60+,61+,62+,63+,64-,67+,68+/m0/s1. The maximum Gasteiger partial charge on any atom is 0.364 e. The van der Waals surface area contributed by atoms with Gasteiger partial charge in [-0.25, -0.2) is 14.4 Å². The smallest absolute Gasteiger partial charge is 0.364 e. The van der Waals surface area contributed by atoms with E-state index >= 15 is 0 Å². The molecule has 0 aromatic carbocycles. The fourth-order valence-corrected chi connectivity index (χ4v) is 16.0. The monoisotopic (exact) mass is 1890 g/mol. The van der Waals surface area contributed by atoms with Crippen molar-refractivity contribution in [1.29, 1.82) is 0 Å². The molecular weight excluding hydrogens is 1770 g/mol. The molecule has 60 nitrogen and oxygen atoms in total. The van der Waals surface area contributed by atoms with Crippen LogP contribution in [0.2, 0.25) is 0 Å². The summed E-state index contributed by atoms with van der Waals surface area (Å²) in [5, 5.41) is 412. The van der Waals surface area contributed by atoms with Crippen molar-refractivity contribution in [2.45, 2.75) is 343 Å². The molecule has 744 valence electrons. The molecule has 10 aliphatic rings. The minimum atomic E-state index is -3.85. The van der Waals surface area contributed by atoms with Crippen molar-refractivity contribution in [1.82, 2.24) is 0 Å². The fraction of sp³-hybridized carbons (Fsp3) is 0.956. The molecule has 10 fully saturated rings. The van der Waals surface area contributed by atoms with E-state index in [1.54, 1.807) is 0 Å². The summed E-state index contributed by atoms with van der Waals surface area (Å²) in [5.74, 6) is -14.5. The van der Waals surface area contributed by atoms with E-state index in [4.69, 9.17) is 95.7 Å². The number of hydrogen-bond donors (Lipinski definition) is 38.